The van der Waals surface area contributed by atoms with E-state index in [2.05, 4.69) is 0 Å². The third kappa shape index (κ3) is 6.64. The number of unbranched alkanes of at least 4 members (excludes halogenated alkanes) is 1. The molecule has 0 aromatic carbocycles. The number of amides is 1. The normalized spacial score (nSPS) is 22.3. The highest BCUT2D eigenvalue weighted by molar-refractivity contribution is 5.73. The molecule has 1 amide bonds. The van der Waals surface area contributed by atoms with Crippen LogP contribution >= 0.6 is 0 Å². The number of rotatable bonds is 5. The second kappa shape index (κ2) is 8.36. The standard InChI is InChI=1S/C16H29NO5/c1-5-6-9-21-15(20)17-8-7-13(18)10-12(17)11-14(19)22-16(2,3)4/h12-13,18H,5-11H2,1-4H3/t12-,13+/m0/s1. The molecule has 0 unspecified atom stereocenters. The van der Waals surface area contributed by atoms with Crippen molar-refractivity contribution in [1.29, 1.82) is 0 Å². The van der Waals surface area contributed by atoms with Crippen molar-refractivity contribution in [2.45, 2.75) is 77.5 Å². The summed E-state index contributed by atoms with van der Waals surface area (Å²) in [6.45, 7) is 8.22. The highest BCUT2D eigenvalue weighted by Gasteiger charge is 2.34. The minimum Gasteiger partial charge on any atom is -0.460 e. The first kappa shape index (κ1) is 18.7. The van der Waals surface area contributed by atoms with Crippen molar-refractivity contribution in [1.82, 2.24) is 4.90 Å². The summed E-state index contributed by atoms with van der Waals surface area (Å²) < 4.78 is 10.5. The summed E-state index contributed by atoms with van der Waals surface area (Å²) in [4.78, 5) is 25.7. The summed E-state index contributed by atoms with van der Waals surface area (Å²) in [6, 6.07) is -0.368. The van der Waals surface area contributed by atoms with Gasteiger partial charge in [0.2, 0.25) is 0 Å². The summed E-state index contributed by atoms with van der Waals surface area (Å²) in [5.74, 6) is -0.363. The summed E-state index contributed by atoms with van der Waals surface area (Å²) in [7, 11) is 0. The van der Waals surface area contributed by atoms with Crippen LogP contribution in [0.3, 0.4) is 0 Å². The van der Waals surface area contributed by atoms with Gasteiger partial charge in [-0.2, -0.15) is 0 Å². The monoisotopic (exact) mass is 315 g/mol. The molecular weight excluding hydrogens is 286 g/mol. The number of carbonyl (C=O) groups excluding carboxylic acids is 2. The van der Waals surface area contributed by atoms with E-state index < -0.39 is 17.8 Å². The third-order valence-electron chi connectivity index (χ3n) is 3.47. The van der Waals surface area contributed by atoms with E-state index in [0.717, 1.165) is 12.8 Å². The van der Waals surface area contributed by atoms with E-state index in [1.165, 1.54) is 0 Å². The number of piperidine rings is 1. The van der Waals surface area contributed by atoms with Crippen molar-refractivity contribution in [3.05, 3.63) is 0 Å². The minimum atomic E-state index is -0.559. The van der Waals surface area contributed by atoms with Gasteiger partial charge in [0.1, 0.15) is 5.60 Å². The van der Waals surface area contributed by atoms with E-state index in [1.54, 1.807) is 25.7 Å². The summed E-state index contributed by atoms with van der Waals surface area (Å²) in [6.07, 6.45) is 1.83. The van der Waals surface area contributed by atoms with E-state index in [-0.39, 0.29) is 18.4 Å². The molecule has 1 aliphatic heterocycles. The molecule has 0 saturated carbocycles. The second-order valence-corrected chi connectivity index (χ2v) is 6.78. The van der Waals surface area contributed by atoms with Gasteiger partial charge in [0.15, 0.2) is 0 Å². The van der Waals surface area contributed by atoms with Crippen molar-refractivity contribution in [3.8, 4) is 0 Å². The van der Waals surface area contributed by atoms with Crippen molar-refractivity contribution < 1.29 is 24.2 Å². The topological polar surface area (TPSA) is 76.1 Å². The molecule has 1 N–H and O–H groups in total. The fourth-order valence-corrected chi connectivity index (χ4v) is 2.43. The van der Waals surface area contributed by atoms with E-state index in [4.69, 9.17) is 9.47 Å². The lowest BCUT2D eigenvalue weighted by molar-refractivity contribution is -0.156. The molecule has 6 nitrogen and oxygen atoms in total. The molecule has 0 aromatic heterocycles. The number of carbonyl (C=O) groups is 2. The second-order valence-electron chi connectivity index (χ2n) is 6.78. The van der Waals surface area contributed by atoms with E-state index in [9.17, 15) is 14.7 Å². The number of hydrogen-bond donors (Lipinski definition) is 1. The number of aliphatic hydroxyl groups excluding tert-OH is 1. The Labute approximate surface area is 132 Å². The van der Waals surface area contributed by atoms with Crippen LogP contribution in [0.1, 0.15) is 59.8 Å². The van der Waals surface area contributed by atoms with E-state index in [1.807, 2.05) is 6.92 Å². The molecule has 1 aliphatic rings. The summed E-state index contributed by atoms with van der Waals surface area (Å²) in [5, 5.41) is 9.81. The maximum absolute atomic E-state index is 12.1. The average molecular weight is 315 g/mol. The lowest BCUT2D eigenvalue weighted by Gasteiger charge is -2.37. The van der Waals surface area contributed by atoms with Crippen LogP contribution in [0.15, 0.2) is 0 Å². The molecule has 1 heterocycles. The molecule has 0 aromatic rings. The molecule has 6 heteroatoms. The molecule has 22 heavy (non-hydrogen) atoms. The first-order valence-electron chi connectivity index (χ1n) is 8.06. The van der Waals surface area contributed by atoms with Crippen molar-refractivity contribution in [2.75, 3.05) is 13.2 Å². The van der Waals surface area contributed by atoms with Gasteiger partial charge in [-0.15, -0.1) is 0 Å². The van der Waals surface area contributed by atoms with Gasteiger partial charge >= 0.3 is 12.1 Å². The van der Waals surface area contributed by atoms with Gasteiger partial charge in [-0.25, -0.2) is 4.79 Å². The maximum Gasteiger partial charge on any atom is 0.410 e. The van der Waals surface area contributed by atoms with Gasteiger partial charge in [-0.05, 0) is 40.0 Å². The molecule has 1 fully saturated rings. The van der Waals surface area contributed by atoms with Gasteiger partial charge in [-0.1, -0.05) is 13.3 Å². The van der Waals surface area contributed by atoms with Crippen LogP contribution in [0, 0.1) is 0 Å². The summed E-state index contributed by atoms with van der Waals surface area (Å²) in [5.41, 5.74) is -0.559. The average Bonchev–Trinajstić information content (AvgIpc) is 2.36. The number of aliphatic hydroxyl groups is 1. The number of esters is 1. The van der Waals surface area contributed by atoms with E-state index >= 15 is 0 Å². The fraction of sp³-hybridized carbons (Fsp3) is 0.875. The molecule has 2 atom stereocenters. The molecule has 0 bridgehead atoms. The molecular formula is C16H29NO5. The zero-order valence-electron chi connectivity index (χ0n) is 14.1. The SMILES string of the molecule is CCCCOC(=O)N1CC[C@@H](O)C[C@H]1CC(=O)OC(C)(C)C. The first-order valence-corrected chi connectivity index (χ1v) is 8.06. The maximum atomic E-state index is 12.1. The van der Waals surface area contributed by atoms with Crippen LogP contribution < -0.4 is 0 Å². The first-order chi connectivity index (χ1) is 10.2. The van der Waals surface area contributed by atoms with Crippen molar-refractivity contribution >= 4 is 12.1 Å². The Morgan fingerprint density at radius 1 is 1.32 bits per heavy atom. The number of likely N-dealkylation sites (tertiary alicyclic amines) is 1. The molecule has 0 spiro atoms. The van der Waals surface area contributed by atoms with Crippen LogP contribution in [-0.4, -0.2) is 53.0 Å². The molecule has 0 aliphatic carbocycles. The zero-order chi connectivity index (χ0) is 16.8. The van der Waals surface area contributed by atoms with Crippen LogP contribution in [0.25, 0.3) is 0 Å². The zero-order valence-corrected chi connectivity index (χ0v) is 14.1. The fourth-order valence-electron chi connectivity index (χ4n) is 2.43. The predicted octanol–water partition coefficient (Wildman–Crippen LogP) is 2.48. The highest BCUT2D eigenvalue weighted by Crippen LogP contribution is 2.22. The van der Waals surface area contributed by atoms with Crippen molar-refractivity contribution in [2.24, 2.45) is 0 Å². The predicted molar refractivity (Wildman–Crippen MR) is 82.5 cm³/mol. The number of hydrogen-bond acceptors (Lipinski definition) is 5. The minimum absolute atomic E-state index is 0.0806. The highest BCUT2D eigenvalue weighted by atomic mass is 16.6. The van der Waals surface area contributed by atoms with Gasteiger partial charge < -0.3 is 19.5 Å². The van der Waals surface area contributed by atoms with Gasteiger partial charge in [0, 0.05) is 12.6 Å². The van der Waals surface area contributed by atoms with Crippen LogP contribution in [0.4, 0.5) is 4.79 Å². The smallest absolute Gasteiger partial charge is 0.410 e. The molecule has 1 rings (SSSR count). The number of ether oxygens (including phenoxy) is 2. The summed E-state index contributed by atoms with van der Waals surface area (Å²) >= 11 is 0. The van der Waals surface area contributed by atoms with Gasteiger partial charge in [-0.3, -0.25) is 4.79 Å². The van der Waals surface area contributed by atoms with Gasteiger partial charge in [0.25, 0.3) is 0 Å². The van der Waals surface area contributed by atoms with E-state index in [0.29, 0.717) is 26.0 Å². The lowest BCUT2D eigenvalue weighted by atomic mass is 9.97. The van der Waals surface area contributed by atoms with Crippen molar-refractivity contribution in [3.63, 3.8) is 0 Å². The third-order valence-corrected chi connectivity index (χ3v) is 3.47. The Bertz CT molecular complexity index is 377. The quantitative estimate of drug-likeness (QED) is 0.623. The lowest BCUT2D eigenvalue weighted by Crippen LogP contribution is -2.49. The van der Waals surface area contributed by atoms with Gasteiger partial charge in [0.05, 0.1) is 19.1 Å². The largest absolute Gasteiger partial charge is 0.460 e. The Morgan fingerprint density at radius 2 is 2.00 bits per heavy atom. The molecule has 128 valence electrons. The Morgan fingerprint density at radius 3 is 2.59 bits per heavy atom. The van der Waals surface area contributed by atoms with Crippen LogP contribution in [0.2, 0.25) is 0 Å². The molecule has 1 saturated heterocycles. The van der Waals surface area contributed by atoms with Crippen LogP contribution in [-0.2, 0) is 14.3 Å². The Kier molecular flexibility index (Phi) is 7.13. The number of nitrogens with zero attached hydrogens (tertiary/aromatic N) is 1. The molecule has 0 radical (unpaired) electrons. The Hall–Kier alpha value is -1.30. The van der Waals surface area contributed by atoms with Crippen LogP contribution in [0.5, 0.6) is 0 Å². The Balaban J connectivity index is 2.61.